The molecule has 2 heterocycles. The predicted octanol–water partition coefficient (Wildman–Crippen LogP) is 3.50. The number of carbonyl (C=O) groups is 1. The zero-order valence-corrected chi connectivity index (χ0v) is 13.5. The highest BCUT2D eigenvalue weighted by molar-refractivity contribution is 9.10. The Balaban J connectivity index is 1.94. The van der Waals surface area contributed by atoms with Crippen molar-refractivity contribution in [3.8, 4) is 0 Å². The molecular formula is C16H14BrN3O2. The van der Waals surface area contributed by atoms with Crippen molar-refractivity contribution >= 4 is 33.2 Å². The molecule has 0 saturated carbocycles. The number of carbonyl (C=O) groups excluding carboxylic acids is 1. The molecule has 0 unspecified atom stereocenters. The van der Waals surface area contributed by atoms with E-state index < -0.39 is 5.97 Å². The first-order valence-corrected chi connectivity index (χ1v) is 7.51. The summed E-state index contributed by atoms with van der Waals surface area (Å²) in [4.78, 5) is 16.3. The number of nitrogens with zero attached hydrogens (tertiary/aromatic N) is 2. The minimum Gasteiger partial charge on any atom is -0.464 e. The van der Waals surface area contributed by atoms with E-state index in [4.69, 9.17) is 4.74 Å². The number of rotatable bonds is 4. The molecular weight excluding hydrogens is 346 g/mol. The first kappa shape index (κ1) is 14.6. The summed E-state index contributed by atoms with van der Waals surface area (Å²) < 4.78 is 7.63. The predicted molar refractivity (Wildman–Crippen MR) is 88.0 cm³/mol. The molecule has 6 heteroatoms. The molecule has 5 nitrogen and oxygen atoms in total. The summed E-state index contributed by atoms with van der Waals surface area (Å²) in [6.45, 7) is 0.601. The fraction of sp³-hybridized carbons (Fsp3) is 0.125. The van der Waals surface area contributed by atoms with E-state index in [1.165, 1.54) is 7.11 Å². The fourth-order valence-corrected chi connectivity index (χ4v) is 2.73. The van der Waals surface area contributed by atoms with E-state index in [2.05, 4.69) is 26.2 Å². The van der Waals surface area contributed by atoms with Gasteiger partial charge in [0.1, 0.15) is 5.65 Å². The third-order valence-electron chi connectivity index (χ3n) is 3.32. The molecule has 0 spiro atoms. The van der Waals surface area contributed by atoms with Gasteiger partial charge >= 0.3 is 5.97 Å². The number of pyridine rings is 1. The van der Waals surface area contributed by atoms with Crippen molar-refractivity contribution in [1.82, 2.24) is 9.38 Å². The molecule has 0 amide bonds. The fourth-order valence-electron chi connectivity index (χ4n) is 2.29. The van der Waals surface area contributed by atoms with E-state index in [-0.39, 0.29) is 0 Å². The van der Waals surface area contributed by atoms with E-state index in [0.29, 0.717) is 23.6 Å². The Kier molecular flexibility index (Phi) is 4.11. The molecule has 1 aromatic carbocycles. The Hall–Kier alpha value is -2.34. The number of methoxy groups -OCH3 is 1. The lowest BCUT2D eigenvalue weighted by Crippen LogP contribution is -2.13. The van der Waals surface area contributed by atoms with E-state index >= 15 is 0 Å². The number of esters is 1. The Labute approximate surface area is 136 Å². The summed E-state index contributed by atoms with van der Waals surface area (Å²) in [6.07, 6.45) is 3.39. The maximum Gasteiger partial charge on any atom is 0.357 e. The van der Waals surface area contributed by atoms with Crippen LogP contribution in [-0.2, 0) is 11.3 Å². The molecule has 0 aliphatic heterocycles. The lowest BCUT2D eigenvalue weighted by atomic mass is 10.2. The van der Waals surface area contributed by atoms with Crippen LogP contribution in [0.25, 0.3) is 5.65 Å². The highest BCUT2D eigenvalue weighted by Gasteiger charge is 2.16. The van der Waals surface area contributed by atoms with E-state index in [1.807, 2.05) is 36.4 Å². The Morgan fingerprint density at radius 2 is 2.23 bits per heavy atom. The highest BCUT2D eigenvalue weighted by Crippen LogP contribution is 2.20. The van der Waals surface area contributed by atoms with Gasteiger partial charge in [-0.1, -0.05) is 28.1 Å². The molecule has 0 radical (unpaired) electrons. The van der Waals surface area contributed by atoms with Gasteiger partial charge in [0.25, 0.3) is 0 Å². The van der Waals surface area contributed by atoms with Crippen molar-refractivity contribution in [2.24, 2.45) is 0 Å². The van der Waals surface area contributed by atoms with Crippen molar-refractivity contribution in [1.29, 1.82) is 0 Å². The number of aromatic nitrogens is 2. The average Bonchev–Trinajstić information content (AvgIpc) is 3.00. The third-order valence-corrected chi connectivity index (χ3v) is 3.81. The van der Waals surface area contributed by atoms with E-state index in [1.54, 1.807) is 16.8 Å². The summed E-state index contributed by atoms with van der Waals surface area (Å²) in [5, 5.41) is 3.28. The van der Waals surface area contributed by atoms with Crippen LogP contribution in [-0.4, -0.2) is 22.5 Å². The molecule has 0 fully saturated rings. The van der Waals surface area contributed by atoms with Gasteiger partial charge in [-0.05, 0) is 29.8 Å². The molecule has 0 aliphatic carbocycles. The van der Waals surface area contributed by atoms with Gasteiger partial charge in [-0.15, -0.1) is 0 Å². The number of halogens is 1. The van der Waals surface area contributed by atoms with Crippen LogP contribution in [0.1, 0.15) is 16.1 Å². The molecule has 2 aromatic heterocycles. The zero-order chi connectivity index (χ0) is 15.5. The topological polar surface area (TPSA) is 55.6 Å². The minimum absolute atomic E-state index is 0.402. The quantitative estimate of drug-likeness (QED) is 0.724. The van der Waals surface area contributed by atoms with Gasteiger partial charge in [-0.2, -0.15) is 0 Å². The number of hydrogen-bond donors (Lipinski definition) is 1. The van der Waals surface area contributed by atoms with Crippen molar-refractivity contribution in [2.45, 2.75) is 6.54 Å². The van der Waals surface area contributed by atoms with E-state index in [0.717, 1.165) is 10.0 Å². The van der Waals surface area contributed by atoms with Gasteiger partial charge in [0, 0.05) is 23.4 Å². The number of imidazole rings is 1. The second kappa shape index (κ2) is 6.19. The van der Waals surface area contributed by atoms with Crippen LogP contribution in [0.4, 0.5) is 5.69 Å². The summed E-state index contributed by atoms with van der Waals surface area (Å²) in [5.41, 5.74) is 2.95. The van der Waals surface area contributed by atoms with Gasteiger partial charge in [-0.3, -0.25) is 4.40 Å². The first-order chi connectivity index (χ1) is 10.7. The third kappa shape index (κ3) is 2.82. The number of ether oxygens (including phenoxy) is 1. The summed E-state index contributed by atoms with van der Waals surface area (Å²) in [5.74, 6) is -0.402. The smallest absolute Gasteiger partial charge is 0.357 e. The van der Waals surface area contributed by atoms with Crippen molar-refractivity contribution < 1.29 is 9.53 Å². The average molecular weight is 360 g/mol. The number of anilines is 1. The second-order valence-electron chi connectivity index (χ2n) is 4.73. The molecule has 0 aliphatic rings. The van der Waals surface area contributed by atoms with Gasteiger partial charge in [0.2, 0.25) is 0 Å². The normalized spacial score (nSPS) is 10.6. The van der Waals surface area contributed by atoms with Crippen LogP contribution in [0.2, 0.25) is 0 Å². The van der Waals surface area contributed by atoms with Crippen LogP contribution < -0.4 is 5.32 Å². The van der Waals surface area contributed by atoms with Crippen molar-refractivity contribution in [3.63, 3.8) is 0 Å². The van der Waals surface area contributed by atoms with Crippen LogP contribution >= 0.6 is 15.9 Å². The lowest BCUT2D eigenvalue weighted by molar-refractivity contribution is 0.0593. The number of fused-ring (bicyclic) bond motifs is 1. The van der Waals surface area contributed by atoms with E-state index in [9.17, 15) is 4.79 Å². The molecule has 0 saturated heterocycles. The number of hydrogen-bond acceptors (Lipinski definition) is 4. The largest absolute Gasteiger partial charge is 0.464 e. The first-order valence-electron chi connectivity index (χ1n) is 6.72. The SMILES string of the molecule is COC(=O)c1c(NCc2cccc(Br)c2)ccc2nccn12. The molecule has 112 valence electrons. The summed E-state index contributed by atoms with van der Waals surface area (Å²) in [7, 11) is 1.37. The van der Waals surface area contributed by atoms with Crippen molar-refractivity contribution in [2.75, 3.05) is 12.4 Å². The summed E-state index contributed by atoms with van der Waals surface area (Å²) in [6, 6.07) is 11.7. The second-order valence-corrected chi connectivity index (χ2v) is 5.64. The molecule has 22 heavy (non-hydrogen) atoms. The van der Waals surface area contributed by atoms with Crippen LogP contribution in [0.15, 0.2) is 53.3 Å². The van der Waals surface area contributed by atoms with Gasteiger partial charge in [0.15, 0.2) is 5.69 Å². The molecule has 0 bridgehead atoms. The number of benzene rings is 1. The van der Waals surface area contributed by atoms with Gasteiger partial charge in [0.05, 0.1) is 12.8 Å². The zero-order valence-electron chi connectivity index (χ0n) is 11.9. The van der Waals surface area contributed by atoms with Gasteiger partial charge < -0.3 is 10.1 Å². The monoisotopic (exact) mass is 359 g/mol. The standard InChI is InChI=1S/C16H14BrN3O2/c1-22-16(21)15-13(5-6-14-18-7-8-20(14)15)19-10-11-3-2-4-12(17)9-11/h2-9,19H,10H2,1H3. The van der Waals surface area contributed by atoms with Crippen molar-refractivity contribution in [3.05, 3.63) is 64.5 Å². The van der Waals surface area contributed by atoms with Crippen LogP contribution in [0, 0.1) is 0 Å². The molecule has 1 N–H and O–H groups in total. The van der Waals surface area contributed by atoms with Gasteiger partial charge in [-0.25, -0.2) is 9.78 Å². The van der Waals surface area contributed by atoms with Crippen LogP contribution in [0.5, 0.6) is 0 Å². The number of nitrogens with one attached hydrogen (secondary N) is 1. The maximum atomic E-state index is 12.1. The van der Waals surface area contributed by atoms with Crippen LogP contribution in [0.3, 0.4) is 0 Å². The Morgan fingerprint density at radius 1 is 1.36 bits per heavy atom. The Morgan fingerprint density at radius 3 is 3.00 bits per heavy atom. The maximum absolute atomic E-state index is 12.1. The lowest BCUT2D eigenvalue weighted by Gasteiger charge is -2.13. The molecule has 3 rings (SSSR count). The molecule has 0 atom stereocenters. The minimum atomic E-state index is -0.402. The summed E-state index contributed by atoms with van der Waals surface area (Å²) >= 11 is 3.45. The molecule has 3 aromatic rings. The highest BCUT2D eigenvalue weighted by atomic mass is 79.9. The Bertz CT molecular complexity index is 829.